The minimum Gasteiger partial charge on any atom is -0.464 e. The molecule has 1 aromatic rings. The zero-order valence-corrected chi connectivity index (χ0v) is 13.9. The first-order valence-corrected chi connectivity index (χ1v) is 7.94. The van der Waals surface area contributed by atoms with Crippen molar-refractivity contribution < 1.29 is 9.21 Å². The van der Waals surface area contributed by atoms with Crippen LogP contribution in [0.1, 0.15) is 45.6 Å². The van der Waals surface area contributed by atoms with Crippen molar-refractivity contribution in [3.8, 4) is 0 Å². The van der Waals surface area contributed by atoms with Crippen molar-refractivity contribution >= 4 is 5.91 Å². The number of carbonyl (C=O) groups excluding carboxylic acids is 1. The highest BCUT2D eigenvalue weighted by atomic mass is 16.3. The van der Waals surface area contributed by atoms with Gasteiger partial charge in [0.25, 0.3) is 0 Å². The van der Waals surface area contributed by atoms with Crippen LogP contribution in [-0.4, -0.2) is 29.9 Å². The molecule has 1 fully saturated rings. The molecule has 1 aromatic heterocycles. The van der Waals surface area contributed by atoms with Crippen molar-refractivity contribution in [1.82, 2.24) is 10.2 Å². The molecule has 0 aliphatic carbocycles. The molecule has 21 heavy (non-hydrogen) atoms. The summed E-state index contributed by atoms with van der Waals surface area (Å²) < 4.78 is 5.66. The molecule has 0 bridgehead atoms. The van der Waals surface area contributed by atoms with Gasteiger partial charge in [0.2, 0.25) is 5.91 Å². The van der Waals surface area contributed by atoms with Crippen LogP contribution in [0.4, 0.5) is 0 Å². The molecule has 1 aliphatic rings. The van der Waals surface area contributed by atoms with Gasteiger partial charge in [0.15, 0.2) is 0 Å². The number of aryl methyl sites for hydroxylation is 1. The van der Waals surface area contributed by atoms with Gasteiger partial charge >= 0.3 is 0 Å². The van der Waals surface area contributed by atoms with Gasteiger partial charge in [-0.15, -0.1) is 0 Å². The van der Waals surface area contributed by atoms with Crippen LogP contribution in [0.3, 0.4) is 0 Å². The van der Waals surface area contributed by atoms with E-state index in [0.29, 0.717) is 12.5 Å². The molecule has 1 aliphatic heterocycles. The van der Waals surface area contributed by atoms with Crippen LogP contribution in [0.2, 0.25) is 0 Å². The van der Waals surface area contributed by atoms with Gasteiger partial charge in [-0.25, -0.2) is 0 Å². The summed E-state index contributed by atoms with van der Waals surface area (Å²) in [5, 5.41) is 3.37. The molecule has 0 radical (unpaired) electrons. The normalized spacial score (nSPS) is 22.2. The Morgan fingerprint density at radius 1 is 1.38 bits per heavy atom. The summed E-state index contributed by atoms with van der Waals surface area (Å²) in [4.78, 5) is 15.2. The van der Waals surface area contributed by atoms with E-state index in [-0.39, 0.29) is 17.4 Å². The summed E-state index contributed by atoms with van der Waals surface area (Å²) in [7, 11) is 0. The van der Waals surface area contributed by atoms with Crippen LogP contribution < -0.4 is 5.32 Å². The van der Waals surface area contributed by atoms with Gasteiger partial charge < -0.3 is 14.6 Å². The maximum atomic E-state index is 13.2. The van der Waals surface area contributed by atoms with Crippen LogP contribution >= 0.6 is 0 Å². The highest BCUT2D eigenvalue weighted by Gasteiger charge is 2.46. The standard InChI is InChI=1S/C17H28N2O2/c1-12(2)17(8-9-18-11-17)16(20)19(13(3)4)10-15-7-6-14(5)21-15/h6-7,12-13,18H,8-11H2,1-5H3. The van der Waals surface area contributed by atoms with Crippen molar-refractivity contribution in [3.63, 3.8) is 0 Å². The molecular formula is C17H28N2O2. The summed E-state index contributed by atoms with van der Waals surface area (Å²) in [6, 6.07) is 4.08. The van der Waals surface area contributed by atoms with Crippen LogP contribution in [-0.2, 0) is 11.3 Å². The molecule has 0 spiro atoms. The third-order valence-electron chi connectivity index (χ3n) is 4.73. The van der Waals surface area contributed by atoms with Gasteiger partial charge in [0.1, 0.15) is 11.5 Å². The number of nitrogens with one attached hydrogen (secondary N) is 1. The molecule has 0 aromatic carbocycles. The predicted octanol–water partition coefficient (Wildman–Crippen LogP) is 2.96. The van der Waals surface area contributed by atoms with E-state index in [1.54, 1.807) is 0 Å². The van der Waals surface area contributed by atoms with Crippen molar-refractivity contribution in [2.45, 2.75) is 53.6 Å². The zero-order valence-electron chi connectivity index (χ0n) is 13.9. The summed E-state index contributed by atoms with van der Waals surface area (Å²) in [6.45, 7) is 12.6. The van der Waals surface area contributed by atoms with Crippen LogP contribution in [0.15, 0.2) is 16.5 Å². The Balaban J connectivity index is 2.22. The SMILES string of the molecule is Cc1ccc(CN(C(=O)C2(C(C)C)CCNC2)C(C)C)o1. The van der Waals surface area contributed by atoms with Crippen LogP contribution in [0.25, 0.3) is 0 Å². The lowest BCUT2D eigenvalue weighted by molar-refractivity contribution is -0.146. The number of nitrogens with zero attached hydrogens (tertiary/aromatic N) is 1. The number of rotatable bonds is 5. The minimum atomic E-state index is -0.272. The first-order chi connectivity index (χ1) is 9.86. The average molecular weight is 292 g/mol. The fourth-order valence-electron chi connectivity index (χ4n) is 3.15. The molecule has 1 N–H and O–H groups in total. The molecule has 118 valence electrons. The van der Waals surface area contributed by atoms with Gasteiger partial charge in [-0.2, -0.15) is 0 Å². The third kappa shape index (κ3) is 3.15. The minimum absolute atomic E-state index is 0.166. The van der Waals surface area contributed by atoms with Crippen molar-refractivity contribution in [2.75, 3.05) is 13.1 Å². The monoisotopic (exact) mass is 292 g/mol. The maximum absolute atomic E-state index is 13.2. The molecule has 2 heterocycles. The van der Waals surface area contributed by atoms with Gasteiger partial charge in [0, 0.05) is 12.6 Å². The molecule has 4 nitrogen and oxygen atoms in total. The second-order valence-electron chi connectivity index (χ2n) is 6.78. The molecule has 0 saturated carbocycles. The first-order valence-electron chi connectivity index (χ1n) is 7.94. The van der Waals surface area contributed by atoms with E-state index in [4.69, 9.17) is 4.42 Å². The van der Waals surface area contributed by atoms with Crippen LogP contribution in [0.5, 0.6) is 0 Å². The van der Waals surface area contributed by atoms with Gasteiger partial charge in [-0.05, 0) is 51.8 Å². The molecule has 1 saturated heterocycles. The van der Waals surface area contributed by atoms with Crippen molar-refractivity contribution in [1.29, 1.82) is 0 Å². The van der Waals surface area contributed by atoms with E-state index in [2.05, 4.69) is 33.0 Å². The Hall–Kier alpha value is -1.29. The number of hydrogen-bond donors (Lipinski definition) is 1. The van der Waals surface area contributed by atoms with E-state index in [1.165, 1.54) is 0 Å². The van der Waals surface area contributed by atoms with Gasteiger partial charge in [-0.1, -0.05) is 13.8 Å². The summed E-state index contributed by atoms with van der Waals surface area (Å²) in [6.07, 6.45) is 0.921. The summed E-state index contributed by atoms with van der Waals surface area (Å²) in [5.41, 5.74) is -0.272. The number of carbonyl (C=O) groups is 1. The Morgan fingerprint density at radius 2 is 2.10 bits per heavy atom. The smallest absolute Gasteiger partial charge is 0.231 e. The van der Waals surface area contributed by atoms with Crippen molar-refractivity contribution in [2.24, 2.45) is 11.3 Å². The Kier molecular flexibility index (Phi) is 4.77. The molecule has 2 rings (SSSR count). The predicted molar refractivity (Wildman–Crippen MR) is 83.9 cm³/mol. The lowest BCUT2D eigenvalue weighted by Gasteiger charge is -2.38. The number of amides is 1. The van der Waals surface area contributed by atoms with E-state index in [9.17, 15) is 4.79 Å². The van der Waals surface area contributed by atoms with E-state index >= 15 is 0 Å². The average Bonchev–Trinajstić information content (AvgIpc) is 3.04. The highest BCUT2D eigenvalue weighted by Crippen LogP contribution is 2.37. The zero-order chi connectivity index (χ0) is 15.6. The Morgan fingerprint density at radius 3 is 2.52 bits per heavy atom. The largest absolute Gasteiger partial charge is 0.464 e. The van der Waals surface area contributed by atoms with E-state index in [0.717, 1.165) is 31.0 Å². The van der Waals surface area contributed by atoms with Gasteiger partial charge in [0.05, 0.1) is 12.0 Å². The molecule has 1 unspecified atom stereocenters. The summed E-state index contributed by atoms with van der Waals surface area (Å²) >= 11 is 0. The summed E-state index contributed by atoms with van der Waals surface area (Å²) in [5.74, 6) is 2.34. The number of hydrogen-bond acceptors (Lipinski definition) is 3. The third-order valence-corrected chi connectivity index (χ3v) is 4.73. The fraction of sp³-hybridized carbons (Fsp3) is 0.706. The molecule has 4 heteroatoms. The van der Waals surface area contributed by atoms with E-state index in [1.807, 2.05) is 24.0 Å². The first kappa shape index (κ1) is 16.1. The second kappa shape index (κ2) is 6.22. The lowest BCUT2D eigenvalue weighted by atomic mass is 9.75. The topological polar surface area (TPSA) is 45.5 Å². The second-order valence-corrected chi connectivity index (χ2v) is 6.78. The van der Waals surface area contributed by atoms with Crippen molar-refractivity contribution in [3.05, 3.63) is 23.7 Å². The Labute approximate surface area is 127 Å². The quantitative estimate of drug-likeness (QED) is 0.907. The Bertz CT molecular complexity index is 485. The number of furan rings is 1. The maximum Gasteiger partial charge on any atom is 0.231 e. The van der Waals surface area contributed by atoms with Crippen LogP contribution in [0, 0.1) is 18.3 Å². The molecule has 1 atom stereocenters. The highest BCUT2D eigenvalue weighted by molar-refractivity contribution is 5.84. The van der Waals surface area contributed by atoms with E-state index < -0.39 is 0 Å². The lowest BCUT2D eigenvalue weighted by Crippen LogP contribution is -2.50. The fourth-order valence-corrected chi connectivity index (χ4v) is 3.15. The van der Waals surface area contributed by atoms with Gasteiger partial charge in [-0.3, -0.25) is 4.79 Å². The molecule has 1 amide bonds. The molecular weight excluding hydrogens is 264 g/mol.